The van der Waals surface area contributed by atoms with Crippen molar-refractivity contribution in [3.63, 3.8) is 0 Å². The third-order valence-electron chi connectivity index (χ3n) is 4.31. The van der Waals surface area contributed by atoms with E-state index < -0.39 is 13.0 Å². The van der Waals surface area contributed by atoms with Gasteiger partial charge in [-0.25, -0.2) is 8.78 Å². The highest BCUT2D eigenvalue weighted by atomic mass is 35.5. The zero-order chi connectivity index (χ0) is 20.1. The SMILES string of the molecule is O=C(NCc1ccc(OCC(F)F)cc1Cl)c1ccnc(CC(=O)C2CC2)c1. The third kappa shape index (κ3) is 5.73. The van der Waals surface area contributed by atoms with Gasteiger partial charge in [0.15, 0.2) is 0 Å². The lowest BCUT2D eigenvalue weighted by molar-refractivity contribution is -0.119. The maximum atomic E-state index is 12.4. The number of nitrogens with zero attached hydrogens (tertiary/aromatic N) is 1. The summed E-state index contributed by atoms with van der Waals surface area (Å²) in [7, 11) is 0. The topological polar surface area (TPSA) is 68.3 Å². The van der Waals surface area contributed by atoms with Gasteiger partial charge in [0.05, 0.1) is 0 Å². The normalized spacial score (nSPS) is 13.4. The molecule has 28 heavy (non-hydrogen) atoms. The fourth-order valence-electron chi connectivity index (χ4n) is 2.64. The summed E-state index contributed by atoms with van der Waals surface area (Å²) in [6.07, 6.45) is 1.05. The van der Waals surface area contributed by atoms with Crippen LogP contribution in [-0.2, 0) is 17.8 Å². The molecule has 1 heterocycles. The van der Waals surface area contributed by atoms with Crippen LogP contribution in [0.1, 0.15) is 34.5 Å². The highest BCUT2D eigenvalue weighted by Crippen LogP contribution is 2.30. The van der Waals surface area contributed by atoms with Gasteiger partial charge in [-0.15, -0.1) is 0 Å². The van der Waals surface area contributed by atoms with Crippen LogP contribution in [0.4, 0.5) is 8.78 Å². The zero-order valence-corrected chi connectivity index (χ0v) is 15.7. The van der Waals surface area contributed by atoms with Gasteiger partial charge in [0.25, 0.3) is 12.3 Å². The molecule has 2 aromatic rings. The number of alkyl halides is 2. The van der Waals surface area contributed by atoms with Crippen LogP contribution in [0.5, 0.6) is 5.75 Å². The molecule has 1 aliphatic rings. The average Bonchev–Trinajstić information content (AvgIpc) is 3.51. The molecule has 0 radical (unpaired) electrons. The second-order valence-electron chi connectivity index (χ2n) is 6.59. The molecular weight excluding hydrogens is 390 g/mol. The van der Waals surface area contributed by atoms with Gasteiger partial charge >= 0.3 is 0 Å². The molecule has 148 valence electrons. The second-order valence-corrected chi connectivity index (χ2v) is 7.00. The van der Waals surface area contributed by atoms with E-state index in [9.17, 15) is 18.4 Å². The first kappa shape index (κ1) is 20.2. The Hall–Kier alpha value is -2.54. The molecule has 3 rings (SSSR count). The molecule has 1 aromatic carbocycles. The highest BCUT2D eigenvalue weighted by molar-refractivity contribution is 6.31. The molecule has 1 saturated carbocycles. The molecule has 1 N–H and O–H groups in total. The Morgan fingerprint density at radius 3 is 2.71 bits per heavy atom. The second kappa shape index (κ2) is 9.10. The van der Waals surface area contributed by atoms with Crippen LogP contribution >= 0.6 is 11.6 Å². The standard InChI is InChI=1S/C20H19ClF2N2O3/c21-17-9-16(28-11-19(22)23)4-3-14(17)10-25-20(27)13-5-6-24-15(7-13)8-18(26)12-1-2-12/h3-7,9,12,19H,1-2,8,10-11H2,(H,25,27). The van der Waals surface area contributed by atoms with Crippen LogP contribution < -0.4 is 10.1 Å². The minimum absolute atomic E-state index is 0.147. The number of hydrogen-bond acceptors (Lipinski definition) is 4. The van der Waals surface area contributed by atoms with Crippen molar-refractivity contribution in [3.05, 3.63) is 58.4 Å². The van der Waals surface area contributed by atoms with Crippen molar-refractivity contribution in [1.82, 2.24) is 10.3 Å². The molecule has 0 unspecified atom stereocenters. The van der Waals surface area contributed by atoms with Gasteiger partial charge < -0.3 is 10.1 Å². The molecule has 0 atom stereocenters. The summed E-state index contributed by atoms with van der Waals surface area (Å²) in [5.74, 6) is 0.219. The largest absolute Gasteiger partial charge is 0.488 e. The van der Waals surface area contributed by atoms with E-state index in [1.54, 1.807) is 18.2 Å². The number of aromatic nitrogens is 1. The maximum absolute atomic E-state index is 12.4. The van der Waals surface area contributed by atoms with Gasteiger partial charge in [0.1, 0.15) is 18.1 Å². The van der Waals surface area contributed by atoms with Gasteiger partial charge in [0, 0.05) is 41.4 Å². The molecule has 1 aromatic heterocycles. The number of Topliss-reactive ketones (excluding diaryl/α,β-unsaturated/α-hetero) is 1. The summed E-state index contributed by atoms with van der Waals surface area (Å²) >= 11 is 6.13. The van der Waals surface area contributed by atoms with E-state index in [0.717, 1.165) is 12.8 Å². The van der Waals surface area contributed by atoms with Gasteiger partial charge in [-0.1, -0.05) is 17.7 Å². The summed E-state index contributed by atoms with van der Waals surface area (Å²) < 4.78 is 29.3. The molecule has 0 bridgehead atoms. The van der Waals surface area contributed by atoms with Crippen molar-refractivity contribution in [2.24, 2.45) is 5.92 Å². The monoisotopic (exact) mass is 408 g/mol. The minimum atomic E-state index is -2.57. The van der Waals surface area contributed by atoms with Crippen LogP contribution in [0, 0.1) is 5.92 Å². The van der Waals surface area contributed by atoms with Gasteiger partial charge in [0.2, 0.25) is 0 Å². The predicted octanol–water partition coefficient (Wildman–Crippen LogP) is 3.83. The quantitative estimate of drug-likeness (QED) is 0.684. The number of amides is 1. The van der Waals surface area contributed by atoms with Crippen LogP contribution in [0.15, 0.2) is 36.5 Å². The van der Waals surface area contributed by atoms with E-state index >= 15 is 0 Å². The first-order chi connectivity index (χ1) is 13.4. The minimum Gasteiger partial charge on any atom is -0.488 e. The van der Waals surface area contributed by atoms with Crippen molar-refractivity contribution in [2.45, 2.75) is 32.2 Å². The van der Waals surface area contributed by atoms with E-state index in [2.05, 4.69) is 10.3 Å². The number of hydrogen-bond donors (Lipinski definition) is 1. The predicted molar refractivity (Wildman–Crippen MR) is 99.8 cm³/mol. The number of nitrogens with one attached hydrogen (secondary N) is 1. The van der Waals surface area contributed by atoms with Gasteiger partial charge in [-0.2, -0.15) is 0 Å². The molecule has 0 aliphatic heterocycles. The first-order valence-corrected chi connectivity index (χ1v) is 9.25. The summed E-state index contributed by atoms with van der Waals surface area (Å²) in [4.78, 5) is 28.4. The summed E-state index contributed by atoms with van der Waals surface area (Å²) in [5.41, 5.74) is 1.60. The number of ether oxygens (including phenoxy) is 1. The van der Waals surface area contributed by atoms with Crippen molar-refractivity contribution in [2.75, 3.05) is 6.61 Å². The highest BCUT2D eigenvalue weighted by Gasteiger charge is 2.29. The number of rotatable bonds is 9. The van der Waals surface area contributed by atoms with Crippen molar-refractivity contribution in [1.29, 1.82) is 0 Å². The van der Waals surface area contributed by atoms with E-state index in [4.69, 9.17) is 16.3 Å². The summed E-state index contributed by atoms with van der Waals surface area (Å²) in [5, 5.41) is 3.05. The fraction of sp³-hybridized carbons (Fsp3) is 0.350. The molecule has 0 spiro atoms. The fourth-order valence-corrected chi connectivity index (χ4v) is 2.88. The first-order valence-electron chi connectivity index (χ1n) is 8.87. The molecule has 1 aliphatic carbocycles. The van der Waals surface area contributed by atoms with Crippen molar-refractivity contribution < 1.29 is 23.1 Å². The number of halogens is 3. The van der Waals surface area contributed by atoms with E-state index in [0.29, 0.717) is 21.8 Å². The van der Waals surface area contributed by atoms with Crippen LogP contribution in [0.25, 0.3) is 0 Å². The maximum Gasteiger partial charge on any atom is 0.272 e. The van der Waals surface area contributed by atoms with Gasteiger partial charge in [-0.05, 0) is 42.7 Å². The zero-order valence-electron chi connectivity index (χ0n) is 15.0. The van der Waals surface area contributed by atoms with E-state index in [1.165, 1.54) is 18.3 Å². The van der Waals surface area contributed by atoms with Crippen molar-refractivity contribution >= 4 is 23.3 Å². The molecule has 5 nitrogen and oxygen atoms in total. The number of carbonyl (C=O) groups is 2. The lowest BCUT2D eigenvalue weighted by Gasteiger charge is -2.10. The number of pyridine rings is 1. The average molecular weight is 409 g/mol. The molecule has 8 heteroatoms. The van der Waals surface area contributed by atoms with Crippen LogP contribution in [0.2, 0.25) is 5.02 Å². The molecule has 1 amide bonds. The Labute approximate surface area is 166 Å². The number of carbonyl (C=O) groups excluding carboxylic acids is 2. The van der Waals surface area contributed by atoms with E-state index in [1.807, 2.05) is 0 Å². The molecule has 0 saturated heterocycles. The Kier molecular flexibility index (Phi) is 6.57. The Morgan fingerprint density at radius 2 is 2.04 bits per heavy atom. The number of ketones is 1. The van der Waals surface area contributed by atoms with Gasteiger partial charge in [-0.3, -0.25) is 14.6 Å². The Bertz CT molecular complexity index is 872. The molecular formula is C20H19ClF2N2O3. The molecule has 1 fully saturated rings. The summed E-state index contributed by atoms with van der Waals surface area (Å²) in [6.45, 7) is -0.550. The lowest BCUT2D eigenvalue weighted by Crippen LogP contribution is -2.23. The lowest BCUT2D eigenvalue weighted by atomic mass is 10.1. The Balaban J connectivity index is 1.57. The van der Waals surface area contributed by atoms with Crippen LogP contribution in [0.3, 0.4) is 0 Å². The summed E-state index contributed by atoms with van der Waals surface area (Å²) in [6, 6.07) is 7.74. The van der Waals surface area contributed by atoms with E-state index in [-0.39, 0.29) is 36.3 Å². The number of benzene rings is 1. The van der Waals surface area contributed by atoms with Crippen molar-refractivity contribution in [3.8, 4) is 5.75 Å². The smallest absolute Gasteiger partial charge is 0.272 e. The third-order valence-corrected chi connectivity index (χ3v) is 4.66. The van der Waals surface area contributed by atoms with Crippen LogP contribution in [-0.4, -0.2) is 29.7 Å². The Morgan fingerprint density at radius 1 is 1.25 bits per heavy atom.